The molecule has 2 aromatic carbocycles. The van der Waals surface area contributed by atoms with Crippen molar-refractivity contribution >= 4 is 15.9 Å². The van der Waals surface area contributed by atoms with E-state index in [0.717, 1.165) is 19.3 Å². The van der Waals surface area contributed by atoms with Gasteiger partial charge in [-0.1, -0.05) is 30.7 Å². The summed E-state index contributed by atoms with van der Waals surface area (Å²) in [5.41, 5.74) is 1.54. The molecule has 0 aliphatic carbocycles. The summed E-state index contributed by atoms with van der Waals surface area (Å²) in [4.78, 5) is 12.8. The summed E-state index contributed by atoms with van der Waals surface area (Å²) >= 11 is 0. The van der Waals surface area contributed by atoms with Crippen molar-refractivity contribution in [3.63, 3.8) is 0 Å². The minimum absolute atomic E-state index is 0.0481. The zero-order valence-electron chi connectivity index (χ0n) is 16.8. The number of aryl methyl sites for hydroxylation is 1. The first-order chi connectivity index (χ1) is 13.8. The molecule has 1 aliphatic rings. The Balaban J connectivity index is 1.74. The van der Waals surface area contributed by atoms with Crippen LogP contribution in [-0.4, -0.2) is 37.8 Å². The Morgan fingerprint density at radius 3 is 2.69 bits per heavy atom. The van der Waals surface area contributed by atoms with Crippen LogP contribution >= 0.6 is 0 Å². The summed E-state index contributed by atoms with van der Waals surface area (Å²) in [7, 11) is -3.65. The summed E-state index contributed by atoms with van der Waals surface area (Å²) in [5, 5.41) is 2.77. The maximum atomic E-state index is 13.7. The highest BCUT2D eigenvalue weighted by atomic mass is 32.2. The monoisotopic (exact) mass is 418 g/mol. The largest absolute Gasteiger partial charge is 0.352 e. The van der Waals surface area contributed by atoms with Gasteiger partial charge in [0, 0.05) is 24.7 Å². The first-order valence-corrected chi connectivity index (χ1v) is 11.4. The number of carbonyl (C=O) groups is 1. The number of amides is 1. The van der Waals surface area contributed by atoms with E-state index < -0.39 is 10.0 Å². The summed E-state index contributed by atoms with van der Waals surface area (Å²) < 4.78 is 41.4. The third kappa shape index (κ3) is 4.85. The van der Waals surface area contributed by atoms with Crippen LogP contribution < -0.4 is 5.32 Å². The van der Waals surface area contributed by atoms with E-state index in [-0.39, 0.29) is 29.2 Å². The van der Waals surface area contributed by atoms with Gasteiger partial charge in [0.15, 0.2) is 0 Å². The molecule has 1 atom stereocenters. The van der Waals surface area contributed by atoms with Crippen LogP contribution in [0.15, 0.2) is 47.4 Å². The molecule has 0 radical (unpaired) electrons. The highest BCUT2D eigenvalue weighted by Gasteiger charge is 2.31. The maximum absolute atomic E-state index is 13.7. The molecule has 3 rings (SSSR count). The van der Waals surface area contributed by atoms with Crippen LogP contribution in [-0.2, 0) is 16.4 Å². The van der Waals surface area contributed by atoms with Crippen LogP contribution in [0.4, 0.5) is 4.39 Å². The van der Waals surface area contributed by atoms with Gasteiger partial charge in [0.2, 0.25) is 10.0 Å². The average molecular weight is 419 g/mol. The van der Waals surface area contributed by atoms with Crippen molar-refractivity contribution in [2.45, 2.75) is 50.5 Å². The van der Waals surface area contributed by atoms with Crippen LogP contribution in [0.2, 0.25) is 0 Å². The van der Waals surface area contributed by atoms with Gasteiger partial charge >= 0.3 is 0 Å². The molecule has 1 N–H and O–H groups in total. The molecule has 1 fully saturated rings. The van der Waals surface area contributed by atoms with Gasteiger partial charge in [-0.25, -0.2) is 12.8 Å². The van der Waals surface area contributed by atoms with Crippen LogP contribution in [0.1, 0.15) is 47.7 Å². The topological polar surface area (TPSA) is 66.5 Å². The number of benzene rings is 2. The minimum atomic E-state index is -3.65. The molecule has 0 bridgehead atoms. The molecule has 5 nitrogen and oxygen atoms in total. The van der Waals surface area contributed by atoms with Crippen LogP contribution in [0.5, 0.6) is 0 Å². The quantitative estimate of drug-likeness (QED) is 0.778. The van der Waals surface area contributed by atoms with Gasteiger partial charge in [0.1, 0.15) is 5.82 Å². The Morgan fingerprint density at radius 2 is 1.97 bits per heavy atom. The first kappa shape index (κ1) is 21.5. The van der Waals surface area contributed by atoms with Gasteiger partial charge in [0.25, 0.3) is 5.91 Å². The van der Waals surface area contributed by atoms with E-state index in [1.165, 1.54) is 16.4 Å². The highest BCUT2D eigenvalue weighted by Crippen LogP contribution is 2.26. The standard InChI is InChI=1S/C22H27FN2O3S/c1-16-10-11-19(29(27,28)25-14-6-5-7-17(25)2)15-20(16)22(26)24-13-12-18-8-3-4-9-21(18)23/h3-4,8-11,15,17H,5-7,12-14H2,1-2H3,(H,24,26)/t17-/m1/s1. The molecule has 1 aliphatic heterocycles. The number of hydrogen-bond acceptors (Lipinski definition) is 3. The molecule has 0 spiro atoms. The number of halogens is 1. The molecule has 0 saturated carbocycles. The SMILES string of the molecule is Cc1ccc(S(=O)(=O)N2CCCC[C@H]2C)cc1C(=O)NCCc1ccccc1F. The molecule has 0 aromatic heterocycles. The van der Waals surface area contributed by atoms with E-state index in [4.69, 9.17) is 0 Å². The van der Waals surface area contributed by atoms with E-state index >= 15 is 0 Å². The fraction of sp³-hybridized carbons (Fsp3) is 0.409. The van der Waals surface area contributed by atoms with E-state index in [1.54, 1.807) is 37.3 Å². The third-order valence-corrected chi connectivity index (χ3v) is 7.45. The Bertz CT molecular complexity index is 991. The number of rotatable bonds is 6. The zero-order valence-corrected chi connectivity index (χ0v) is 17.6. The average Bonchev–Trinajstić information content (AvgIpc) is 2.69. The van der Waals surface area contributed by atoms with Gasteiger partial charge in [-0.15, -0.1) is 0 Å². The fourth-order valence-electron chi connectivity index (χ4n) is 3.68. The van der Waals surface area contributed by atoms with Crippen molar-refractivity contribution in [2.24, 2.45) is 0 Å². The molecule has 7 heteroatoms. The molecule has 2 aromatic rings. The number of piperidine rings is 1. The fourth-order valence-corrected chi connectivity index (χ4v) is 5.40. The summed E-state index contributed by atoms with van der Waals surface area (Å²) in [6.45, 7) is 4.45. The summed E-state index contributed by atoms with van der Waals surface area (Å²) in [6, 6.07) is 11.1. The van der Waals surface area contributed by atoms with Crippen LogP contribution in [0.25, 0.3) is 0 Å². The van der Waals surface area contributed by atoms with Crippen LogP contribution in [0.3, 0.4) is 0 Å². The molecule has 1 amide bonds. The van der Waals surface area contributed by atoms with Crippen molar-refractivity contribution in [1.29, 1.82) is 0 Å². The van der Waals surface area contributed by atoms with Crippen molar-refractivity contribution in [3.8, 4) is 0 Å². The van der Waals surface area contributed by atoms with Gasteiger partial charge in [-0.05, 0) is 62.4 Å². The summed E-state index contributed by atoms with van der Waals surface area (Å²) in [6.07, 6.45) is 3.07. The van der Waals surface area contributed by atoms with E-state index in [0.29, 0.717) is 29.7 Å². The Morgan fingerprint density at radius 1 is 1.21 bits per heavy atom. The van der Waals surface area contributed by atoms with Crippen molar-refractivity contribution in [1.82, 2.24) is 9.62 Å². The number of carbonyl (C=O) groups excluding carboxylic acids is 1. The zero-order chi connectivity index (χ0) is 21.0. The third-order valence-electron chi connectivity index (χ3n) is 5.44. The molecule has 1 saturated heterocycles. The second-order valence-corrected chi connectivity index (χ2v) is 9.43. The van der Waals surface area contributed by atoms with Crippen molar-refractivity contribution < 1.29 is 17.6 Å². The Hall–Kier alpha value is -2.25. The maximum Gasteiger partial charge on any atom is 0.251 e. The number of sulfonamides is 1. The molecule has 1 heterocycles. The van der Waals surface area contributed by atoms with Gasteiger partial charge < -0.3 is 5.32 Å². The lowest BCUT2D eigenvalue weighted by Crippen LogP contribution is -2.42. The second-order valence-electron chi connectivity index (χ2n) is 7.53. The Labute approximate surface area is 172 Å². The molecule has 0 unspecified atom stereocenters. The predicted octanol–water partition coefficient (Wildman–Crippen LogP) is 3.67. The van der Waals surface area contributed by atoms with Gasteiger partial charge in [0.05, 0.1) is 4.90 Å². The highest BCUT2D eigenvalue weighted by molar-refractivity contribution is 7.89. The molecular weight excluding hydrogens is 391 g/mol. The molecular formula is C22H27FN2O3S. The van der Waals surface area contributed by atoms with E-state index in [1.807, 2.05) is 6.92 Å². The lowest BCUT2D eigenvalue weighted by Gasteiger charge is -2.32. The predicted molar refractivity (Wildman–Crippen MR) is 111 cm³/mol. The molecule has 29 heavy (non-hydrogen) atoms. The van der Waals surface area contributed by atoms with E-state index in [2.05, 4.69) is 5.32 Å². The molecule has 156 valence electrons. The number of hydrogen-bond donors (Lipinski definition) is 1. The second kappa shape index (κ2) is 9.05. The minimum Gasteiger partial charge on any atom is -0.352 e. The van der Waals surface area contributed by atoms with Gasteiger partial charge in [-0.3, -0.25) is 4.79 Å². The van der Waals surface area contributed by atoms with E-state index in [9.17, 15) is 17.6 Å². The lowest BCUT2D eigenvalue weighted by atomic mass is 10.1. The normalized spacial score (nSPS) is 17.8. The lowest BCUT2D eigenvalue weighted by molar-refractivity contribution is 0.0953. The van der Waals surface area contributed by atoms with Crippen molar-refractivity contribution in [3.05, 3.63) is 65.0 Å². The smallest absolute Gasteiger partial charge is 0.251 e. The van der Waals surface area contributed by atoms with Crippen molar-refractivity contribution in [2.75, 3.05) is 13.1 Å². The first-order valence-electron chi connectivity index (χ1n) is 9.95. The number of nitrogens with zero attached hydrogens (tertiary/aromatic N) is 1. The summed E-state index contributed by atoms with van der Waals surface area (Å²) in [5.74, 6) is -0.663. The number of nitrogens with one attached hydrogen (secondary N) is 1. The van der Waals surface area contributed by atoms with Crippen LogP contribution in [0, 0.1) is 12.7 Å². The van der Waals surface area contributed by atoms with Gasteiger partial charge in [-0.2, -0.15) is 4.31 Å². The Kier molecular flexibility index (Phi) is 6.70.